The van der Waals surface area contributed by atoms with Gasteiger partial charge in [0.15, 0.2) is 75.5 Å². The van der Waals surface area contributed by atoms with Crippen LogP contribution in [0.5, 0.6) is 0 Å². The Morgan fingerprint density at radius 3 is 0.345 bits per heavy atom. The monoisotopic (exact) mass is 2130 g/mol. The van der Waals surface area contributed by atoms with Gasteiger partial charge >= 0.3 is 0 Å². The molecular weight excluding hydrogens is 1980 g/mol. The lowest BCUT2D eigenvalue weighted by atomic mass is 9.94. The first kappa shape index (κ1) is 121. The van der Waals surface area contributed by atoms with E-state index in [4.69, 9.17) is 166 Å². The summed E-state index contributed by atoms with van der Waals surface area (Å²) in [7, 11) is 13.7. The largest absolute Gasteiger partial charge is 0.394 e. The fourth-order valence-electron chi connectivity index (χ4n) is 20.5. The van der Waals surface area contributed by atoms with E-state index < -0.39 is 448 Å². The molecule has 12 aliphatic rings. The van der Waals surface area contributed by atoms with Gasteiger partial charge in [0, 0.05) is 85.3 Å². The fraction of sp³-hybridized carbons (Fsp3) is 1.00. The molecule has 0 unspecified atom stereocenters. The van der Waals surface area contributed by atoms with E-state index in [9.17, 15) is 133 Å². The van der Waals surface area contributed by atoms with Crippen LogP contribution in [0.1, 0.15) is 0 Å². The van der Waals surface area contributed by atoms with E-state index in [1.165, 1.54) is 14.2 Å². The molecule has 0 aromatic heterocycles. The van der Waals surface area contributed by atoms with Crippen LogP contribution >= 0.6 is 0 Å². The highest BCUT2D eigenvalue weighted by molar-refractivity contribution is 5.07. The number of hydrogen-bond donors (Lipinski definition) is 26. The Bertz CT molecular complexity index is 3560. The van der Waals surface area contributed by atoms with Crippen LogP contribution in [0.15, 0.2) is 0 Å². The quantitative estimate of drug-likeness (QED) is 0.0269. The van der Waals surface area contributed by atoms with Crippen molar-refractivity contribution in [1.29, 1.82) is 0 Å². The second-order valence-electron chi connectivity index (χ2n) is 36.1. The van der Waals surface area contributed by atoms with Crippen LogP contribution in [-0.4, -0.2) is 666 Å². The van der Waals surface area contributed by atoms with Crippen LogP contribution in [0.3, 0.4) is 0 Å². The van der Waals surface area contributed by atoms with Crippen molar-refractivity contribution < 1.29 is 299 Å². The Labute approximate surface area is 829 Å². The van der Waals surface area contributed by atoms with Gasteiger partial charge in [-0.15, -0.1) is 0 Å². The van der Waals surface area contributed by atoms with Gasteiger partial charge in [0.2, 0.25) is 0 Å². The summed E-state index contributed by atoms with van der Waals surface area (Å²) in [6, 6.07) is 0. The first-order valence-corrected chi connectivity index (χ1v) is 46.9. The van der Waals surface area contributed by atoms with Crippen LogP contribution in [-0.2, 0) is 166 Å². The third-order valence-corrected chi connectivity index (χ3v) is 28.1. The van der Waals surface area contributed by atoms with Crippen molar-refractivity contribution in [2.45, 2.75) is 368 Å². The molecule has 12 aliphatic heterocycles. The normalized spacial score (nSPS) is 50.4. The summed E-state index contributed by atoms with van der Waals surface area (Å²) in [5, 5.41) is 291. The molecule has 848 valence electrons. The Hall–Kier alpha value is -2.44. The molecule has 0 aromatic rings. The summed E-state index contributed by atoms with van der Waals surface area (Å²) >= 11 is 0. The molecule has 0 radical (unpaired) electrons. The molecule has 0 aliphatic carbocycles. The zero-order valence-corrected chi connectivity index (χ0v) is 81.0. The van der Waals surface area contributed by atoms with Crippen molar-refractivity contribution >= 4 is 0 Å². The summed E-state index contributed by atoms with van der Waals surface area (Å²) in [5.74, 6) is 0. The van der Waals surface area contributed by atoms with Crippen LogP contribution in [0.4, 0.5) is 0 Å². The fourth-order valence-corrected chi connectivity index (χ4v) is 20.5. The zero-order chi connectivity index (χ0) is 106. The van der Waals surface area contributed by atoms with E-state index in [0.717, 1.165) is 71.1 Å². The average Bonchev–Trinajstić information content (AvgIpc) is 0.761. The highest BCUT2D eigenvalue weighted by Gasteiger charge is 2.65. The van der Waals surface area contributed by atoms with E-state index in [1.54, 1.807) is 0 Å². The predicted molar refractivity (Wildman–Crippen MR) is 452 cm³/mol. The number of methoxy groups -OCH3 is 12. The molecule has 60 atom stereocenters. The minimum atomic E-state index is -1.98. The number of ether oxygens (including phenoxy) is 35. The lowest BCUT2D eigenvalue weighted by Gasteiger charge is -2.51. The molecule has 0 saturated carbocycles. The summed E-state index contributed by atoms with van der Waals surface area (Å²) in [6.07, 6.45) is -100. The zero-order valence-electron chi connectivity index (χ0n) is 81.0. The van der Waals surface area contributed by atoms with Crippen molar-refractivity contribution in [3.8, 4) is 0 Å². The maximum absolute atomic E-state index is 12.1. The molecule has 0 spiro atoms. The van der Waals surface area contributed by atoms with E-state index in [0.29, 0.717) is 0 Å². The first-order valence-electron chi connectivity index (χ1n) is 46.9. The topological polar surface area (TPSA) is 849 Å². The van der Waals surface area contributed by atoms with E-state index in [-0.39, 0.29) is 0 Å². The summed E-state index contributed by atoms with van der Waals surface area (Å²) in [4.78, 5) is 0. The molecule has 0 aromatic carbocycles. The molecule has 26 N–H and O–H groups in total. The van der Waals surface area contributed by atoms with Crippen molar-refractivity contribution in [1.82, 2.24) is 0 Å². The Morgan fingerprint density at radius 1 is 0.124 bits per heavy atom. The van der Waals surface area contributed by atoms with E-state index in [2.05, 4.69) is 0 Å². The van der Waals surface area contributed by atoms with Gasteiger partial charge in [0.25, 0.3) is 0 Å². The Kier molecular flexibility index (Phi) is 46.3. The van der Waals surface area contributed by atoms with Crippen LogP contribution in [0, 0.1) is 0 Å². The molecule has 12 fully saturated rings. The summed E-state index contributed by atoms with van der Waals surface area (Å²) < 4.78 is 207. The van der Waals surface area contributed by atoms with Gasteiger partial charge < -0.3 is 299 Å². The molecule has 61 heteroatoms. The van der Waals surface area contributed by atoms with Gasteiger partial charge in [-0.2, -0.15) is 0 Å². The summed E-state index contributed by atoms with van der Waals surface area (Å²) in [5.41, 5.74) is 0. The maximum atomic E-state index is 12.1. The minimum Gasteiger partial charge on any atom is -0.394 e. The van der Waals surface area contributed by atoms with Crippen molar-refractivity contribution in [3.05, 3.63) is 0 Å². The number of rotatable bonds is 46. The summed E-state index contributed by atoms with van der Waals surface area (Å²) in [6.45, 7) is -10.8. The molecule has 145 heavy (non-hydrogen) atoms. The second kappa shape index (κ2) is 55.5. The molecule has 61 nitrogen and oxygen atoms in total. The van der Waals surface area contributed by atoms with Crippen LogP contribution < -0.4 is 0 Å². The second-order valence-corrected chi connectivity index (χ2v) is 36.1. The average molecular weight is 2130 g/mol. The van der Waals surface area contributed by atoms with Crippen molar-refractivity contribution in [2.75, 3.05) is 165 Å². The molecule has 0 amide bonds. The number of aliphatic hydroxyl groups excluding tert-OH is 26. The van der Waals surface area contributed by atoms with Gasteiger partial charge in [0.05, 0.1) is 79.3 Å². The lowest BCUT2D eigenvalue weighted by molar-refractivity contribution is -0.404. The van der Waals surface area contributed by atoms with Crippen molar-refractivity contribution in [3.63, 3.8) is 0 Å². The van der Waals surface area contributed by atoms with Crippen LogP contribution in [0.2, 0.25) is 0 Å². The lowest BCUT2D eigenvalue weighted by Crippen LogP contribution is -2.69. The number of aliphatic hydroxyl groups is 26. The van der Waals surface area contributed by atoms with Gasteiger partial charge in [-0.3, -0.25) is 0 Å². The van der Waals surface area contributed by atoms with Gasteiger partial charge in [-0.25, -0.2) is 0 Å². The molecule has 12 rings (SSSR count). The Morgan fingerprint density at radius 2 is 0.228 bits per heavy atom. The van der Waals surface area contributed by atoms with E-state index in [1.807, 2.05) is 0 Å². The van der Waals surface area contributed by atoms with E-state index >= 15 is 0 Å². The van der Waals surface area contributed by atoms with Crippen molar-refractivity contribution in [2.24, 2.45) is 0 Å². The molecule has 0 bridgehead atoms. The molecular formula is C84H146O61. The first-order chi connectivity index (χ1) is 69.6. The van der Waals surface area contributed by atoms with Gasteiger partial charge in [-0.1, -0.05) is 0 Å². The molecule has 12 heterocycles. The Balaban J connectivity index is 0.641. The van der Waals surface area contributed by atoms with Crippen LogP contribution in [0.25, 0.3) is 0 Å². The standard InChI is InChI=1S/C84H146O61/c1-111-61-37(97)25(13-85)124-74(39(61)99)136-51-27(15-87)126-76(41(101)63(51)113-3)138-53-29(17-89)128-78(43(103)65(53)115-5)140-55-31(19-91)130-80(45(105)67(55)117-7)142-57-33(21-93)132-82(47(107)69(57)119-9)144-59-35(23-95)134-84(49(109)71(59)121-11)145-60-36(24-96)133-83(48(108)72(60)122-12)143-58-34(22-94)131-81(46(106)70(58)120-10)141-56-32(20-92)129-79(44(104)68(56)118-8)139-54-30(18-90)127-77(42(102)66(54)116-6)137-52-28(16-88)125-75(40(100)64(52)114-4)135-50-26(14-86)123-73(110)38(98)62(50)112-2/h25-110H,13-24H2,1-12H3/t25-,26-,27-,28-,29-,30-,31-,32-,33-,34-,35-,36-,37-,38+,39+,40+,41+,42+,43+,44+,45+,46+,47+,48+,49+,50-,51-,52-,53-,54-,55-,56-,57-,58-,59-,60-,61+,62-,63-,64+,65-,66-,67-,68-,69-,70-,71-,72-,73+,74-,75-,76-,77-,78-,79-,80-,81-,82-,83-,84-/m1/s1. The smallest absolute Gasteiger partial charge is 0.187 e. The molecule has 12 saturated heterocycles. The SMILES string of the molecule is CO[C@@H]1[C@H](O)[C@@H](O[C@H]2[C@H](OC)[C@H](O)[C@@H](O[C@H]3[C@H](OC)[C@H](O)[C@@H](O[C@H]4[C@H](OC)[C@H](O)[C@@H](O[C@H]5[C@H](OC)[C@H](O)[C@@H](O[C@H]6[C@H](OC)[C@H](O)[C@@H](O[C@H]7[C@H](OC)[C@H](O)[C@@H](O[C@H]8[C@H](OC)[C@H](O)[C@@H](O[C@H]9[C@H](OC)[C@H](O)[C@@H](O[C@H]%10[C@H](OC)[C@H](O)[C@@H](O[C@H]%11[C@@H](OC)[C@H](O)[C@@H](O[C@H]%12[C@H](OC)[C@H](O)[C@@H](O)O[C@@H]%12CO)O[C@@H]%11CO)O[C@@H]%10CO)O[C@@H]9CO)O[C@@H]8CO)O[C@@H]7CO)O[C@@H]6CO)O[C@@H]5CO)O[C@@H]4CO)O[C@@H]3CO)O[C@@H]2CO)O[C@H](CO)[C@H]1O. The van der Waals surface area contributed by atoms with Gasteiger partial charge in [-0.05, 0) is 0 Å². The third kappa shape index (κ3) is 25.4. The maximum Gasteiger partial charge on any atom is 0.187 e. The predicted octanol–water partition coefficient (Wildman–Crippen LogP) is -19.3. The highest BCUT2D eigenvalue weighted by atomic mass is 16.8. The highest BCUT2D eigenvalue weighted by Crippen LogP contribution is 2.45. The minimum absolute atomic E-state index is 0.729. The third-order valence-electron chi connectivity index (χ3n) is 28.1. The number of hydrogen-bond acceptors (Lipinski definition) is 61. The van der Waals surface area contributed by atoms with Gasteiger partial charge in [0.1, 0.15) is 293 Å².